The van der Waals surface area contributed by atoms with Crippen LogP contribution in [0, 0.1) is 6.92 Å². The van der Waals surface area contributed by atoms with Crippen molar-refractivity contribution >= 4 is 16.3 Å². The average Bonchev–Trinajstić information content (AvgIpc) is 3.05. The number of nitrogens with zero attached hydrogens (tertiary/aromatic N) is 2. The summed E-state index contributed by atoms with van der Waals surface area (Å²) in [4.78, 5) is 5.69. The molecule has 0 aliphatic carbocycles. The van der Waals surface area contributed by atoms with Crippen molar-refractivity contribution in [1.29, 1.82) is 0 Å². The minimum atomic E-state index is 0.273. The standard InChI is InChI=1S/C18H23N3S/c1-12(2)16-7-5-15(6-8-16)11-19-13(3)17-14(4)20-18-21(17)9-10-22-18/h5-10,12-13,19H,11H2,1-4H3/t13-/m0/s1. The molecular formula is C18H23N3S. The van der Waals surface area contributed by atoms with Gasteiger partial charge in [-0.3, -0.25) is 4.40 Å². The number of benzene rings is 1. The minimum Gasteiger partial charge on any atom is -0.305 e. The van der Waals surface area contributed by atoms with E-state index in [0.717, 1.165) is 17.2 Å². The smallest absolute Gasteiger partial charge is 0.194 e. The van der Waals surface area contributed by atoms with E-state index in [-0.39, 0.29) is 6.04 Å². The van der Waals surface area contributed by atoms with Crippen molar-refractivity contribution in [2.45, 2.75) is 46.2 Å². The first-order valence-electron chi connectivity index (χ1n) is 7.80. The van der Waals surface area contributed by atoms with Crippen LogP contribution in [0.4, 0.5) is 0 Å². The molecule has 2 aromatic heterocycles. The molecule has 1 N–H and O–H groups in total. The molecule has 0 fully saturated rings. The van der Waals surface area contributed by atoms with Gasteiger partial charge in [-0.1, -0.05) is 38.1 Å². The fourth-order valence-electron chi connectivity index (χ4n) is 2.82. The molecule has 2 heterocycles. The third kappa shape index (κ3) is 2.94. The van der Waals surface area contributed by atoms with Gasteiger partial charge in [0.25, 0.3) is 0 Å². The summed E-state index contributed by atoms with van der Waals surface area (Å²) in [5.74, 6) is 0.585. The van der Waals surface area contributed by atoms with E-state index in [1.54, 1.807) is 11.3 Å². The molecule has 3 nitrogen and oxygen atoms in total. The molecule has 0 aliphatic rings. The van der Waals surface area contributed by atoms with Crippen molar-refractivity contribution in [2.75, 3.05) is 0 Å². The summed E-state index contributed by atoms with van der Waals surface area (Å²) >= 11 is 1.68. The van der Waals surface area contributed by atoms with E-state index in [1.807, 2.05) is 0 Å². The first-order valence-corrected chi connectivity index (χ1v) is 8.68. The van der Waals surface area contributed by atoms with Crippen LogP contribution in [-0.2, 0) is 6.54 Å². The molecule has 0 spiro atoms. The van der Waals surface area contributed by atoms with Gasteiger partial charge in [0.1, 0.15) is 0 Å². The van der Waals surface area contributed by atoms with Crippen LogP contribution in [0.1, 0.15) is 55.2 Å². The van der Waals surface area contributed by atoms with Crippen LogP contribution in [0.2, 0.25) is 0 Å². The predicted molar refractivity (Wildman–Crippen MR) is 93.6 cm³/mol. The summed E-state index contributed by atoms with van der Waals surface area (Å²) in [7, 11) is 0. The van der Waals surface area contributed by atoms with E-state index in [9.17, 15) is 0 Å². The summed E-state index contributed by atoms with van der Waals surface area (Å²) in [5.41, 5.74) is 5.08. The summed E-state index contributed by atoms with van der Waals surface area (Å²) < 4.78 is 2.19. The second-order valence-corrected chi connectivity index (χ2v) is 7.01. The molecule has 0 saturated heterocycles. The third-order valence-electron chi connectivity index (χ3n) is 4.15. The molecule has 1 aromatic carbocycles. The van der Waals surface area contributed by atoms with Crippen molar-refractivity contribution < 1.29 is 0 Å². The lowest BCUT2D eigenvalue weighted by Gasteiger charge is -2.15. The number of rotatable bonds is 5. The highest BCUT2D eigenvalue weighted by Gasteiger charge is 2.15. The Morgan fingerprint density at radius 1 is 1.18 bits per heavy atom. The highest BCUT2D eigenvalue weighted by molar-refractivity contribution is 7.15. The summed E-state index contributed by atoms with van der Waals surface area (Å²) in [6.07, 6.45) is 2.10. The first kappa shape index (κ1) is 15.3. The number of aromatic nitrogens is 2. The van der Waals surface area contributed by atoms with E-state index < -0.39 is 0 Å². The number of imidazole rings is 1. The molecule has 0 amide bonds. The van der Waals surface area contributed by atoms with Gasteiger partial charge < -0.3 is 5.32 Å². The van der Waals surface area contributed by atoms with E-state index in [1.165, 1.54) is 16.8 Å². The third-order valence-corrected chi connectivity index (χ3v) is 4.91. The number of fused-ring (bicyclic) bond motifs is 1. The van der Waals surface area contributed by atoms with Gasteiger partial charge in [-0.2, -0.15) is 0 Å². The minimum absolute atomic E-state index is 0.273. The largest absolute Gasteiger partial charge is 0.305 e. The molecule has 116 valence electrons. The molecule has 1 atom stereocenters. The Balaban J connectivity index is 1.70. The Kier molecular flexibility index (Phi) is 4.32. The molecule has 4 heteroatoms. The van der Waals surface area contributed by atoms with Crippen molar-refractivity contribution in [3.05, 3.63) is 58.4 Å². The van der Waals surface area contributed by atoms with Gasteiger partial charge in [0.15, 0.2) is 4.96 Å². The number of aryl methyl sites for hydroxylation is 1. The summed E-state index contributed by atoms with van der Waals surface area (Å²) in [5, 5.41) is 5.70. The molecule has 0 unspecified atom stereocenters. The molecule has 0 radical (unpaired) electrons. The van der Waals surface area contributed by atoms with E-state index in [0.29, 0.717) is 5.92 Å². The quantitative estimate of drug-likeness (QED) is 0.741. The molecular weight excluding hydrogens is 290 g/mol. The normalized spacial score (nSPS) is 13.1. The van der Waals surface area contributed by atoms with Crippen LogP contribution in [0.25, 0.3) is 4.96 Å². The van der Waals surface area contributed by atoms with Crippen LogP contribution in [0.3, 0.4) is 0 Å². The van der Waals surface area contributed by atoms with Crippen molar-refractivity contribution in [2.24, 2.45) is 0 Å². The molecule has 22 heavy (non-hydrogen) atoms. The maximum Gasteiger partial charge on any atom is 0.194 e. The fourth-order valence-corrected chi connectivity index (χ4v) is 3.59. The second-order valence-electron chi connectivity index (χ2n) is 6.14. The lowest BCUT2D eigenvalue weighted by atomic mass is 10.0. The van der Waals surface area contributed by atoms with Gasteiger partial charge in [0, 0.05) is 24.2 Å². The molecule has 0 saturated carbocycles. The highest BCUT2D eigenvalue weighted by Crippen LogP contribution is 2.23. The predicted octanol–water partition coefficient (Wildman–Crippen LogP) is 4.68. The van der Waals surface area contributed by atoms with Gasteiger partial charge in [0.05, 0.1) is 11.4 Å². The monoisotopic (exact) mass is 313 g/mol. The zero-order valence-electron chi connectivity index (χ0n) is 13.6. The van der Waals surface area contributed by atoms with Crippen molar-refractivity contribution in [3.8, 4) is 0 Å². The van der Waals surface area contributed by atoms with Crippen molar-refractivity contribution in [3.63, 3.8) is 0 Å². The van der Waals surface area contributed by atoms with Gasteiger partial charge >= 0.3 is 0 Å². The maximum absolute atomic E-state index is 4.62. The Morgan fingerprint density at radius 2 is 1.91 bits per heavy atom. The van der Waals surface area contributed by atoms with Gasteiger partial charge in [-0.25, -0.2) is 4.98 Å². The Bertz CT molecular complexity index is 752. The van der Waals surface area contributed by atoms with Crippen LogP contribution in [0.15, 0.2) is 35.8 Å². The second kappa shape index (κ2) is 6.23. The Hall–Kier alpha value is -1.65. The van der Waals surface area contributed by atoms with Gasteiger partial charge in [-0.15, -0.1) is 11.3 Å². The topological polar surface area (TPSA) is 29.3 Å². The molecule has 3 aromatic rings. The number of hydrogen-bond acceptors (Lipinski definition) is 3. The number of thiazole rings is 1. The molecule has 0 bridgehead atoms. The van der Waals surface area contributed by atoms with Gasteiger partial charge in [-0.05, 0) is 30.9 Å². The SMILES string of the molecule is Cc1nc2sccn2c1[C@H](C)NCc1ccc(C(C)C)cc1. The number of nitrogens with one attached hydrogen (secondary N) is 1. The van der Waals surface area contributed by atoms with Crippen LogP contribution < -0.4 is 5.32 Å². The Morgan fingerprint density at radius 3 is 2.59 bits per heavy atom. The Labute approximate surface area is 136 Å². The molecule has 3 rings (SSSR count). The fraction of sp³-hybridized carbons (Fsp3) is 0.389. The van der Waals surface area contributed by atoms with Crippen LogP contribution in [0.5, 0.6) is 0 Å². The summed E-state index contributed by atoms with van der Waals surface area (Å²) in [6, 6.07) is 9.17. The highest BCUT2D eigenvalue weighted by atomic mass is 32.1. The maximum atomic E-state index is 4.62. The van der Waals surface area contributed by atoms with E-state index >= 15 is 0 Å². The molecule has 0 aliphatic heterocycles. The zero-order chi connectivity index (χ0) is 15.7. The van der Waals surface area contributed by atoms with Gasteiger partial charge in [0.2, 0.25) is 0 Å². The number of hydrogen-bond donors (Lipinski definition) is 1. The van der Waals surface area contributed by atoms with E-state index in [2.05, 4.69) is 78.2 Å². The zero-order valence-corrected chi connectivity index (χ0v) is 14.4. The summed E-state index contributed by atoms with van der Waals surface area (Å²) in [6.45, 7) is 9.62. The van der Waals surface area contributed by atoms with Crippen LogP contribution >= 0.6 is 11.3 Å². The van der Waals surface area contributed by atoms with E-state index in [4.69, 9.17) is 0 Å². The average molecular weight is 313 g/mol. The lowest BCUT2D eigenvalue weighted by molar-refractivity contribution is 0.555. The van der Waals surface area contributed by atoms with Crippen molar-refractivity contribution in [1.82, 2.24) is 14.7 Å². The lowest BCUT2D eigenvalue weighted by Crippen LogP contribution is -2.20. The first-order chi connectivity index (χ1) is 10.6. The van der Waals surface area contributed by atoms with Crippen LogP contribution in [-0.4, -0.2) is 9.38 Å².